The first-order valence-corrected chi connectivity index (χ1v) is 12.6. The number of carbonyl (C=O) groups excluding carboxylic acids is 4. The highest BCUT2D eigenvalue weighted by Gasteiger charge is 2.39. The summed E-state index contributed by atoms with van der Waals surface area (Å²) in [4.78, 5) is 54.4. The number of para-hydroxylation sites is 1. The molecule has 0 aliphatic carbocycles. The van der Waals surface area contributed by atoms with Gasteiger partial charge in [-0.1, -0.05) is 24.3 Å². The van der Waals surface area contributed by atoms with E-state index >= 15 is 0 Å². The fourth-order valence-corrected chi connectivity index (χ4v) is 5.27. The van der Waals surface area contributed by atoms with Gasteiger partial charge in [0.1, 0.15) is 23.6 Å². The summed E-state index contributed by atoms with van der Waals surface area (Å²) in [6.07, 6.45) is 0.328. The van der Waals surface area contributed by atoms with Gasteiger partial charge in [0, 0.05) is 36.2 Å². The Hall–Kier alpha value is -4.34. The van der Waals surface area contributed by atoms with Gasteiger partial charge in [-0.15, -0.1) is 0 Å². The summed E-state index contributed by atoms with van der Waals surface area (Å²) in [7, 11) is 1.56. The number of nitrogens with one attached hydrogen (secondary N) is 3. The van der Waals surface area contributed by atoms with Gasteiger partial charge in [-0.25, -0.2) is 0 Å². The Morgan fingerprint density at radius 3 is 2.71 bits per heavy atom. The average Bonchev–Trinajstić information content (AvgIpc) is 3.64. The van der Waals surface area contributed by atoms with Crippen LogP contribution in [-0.2, 0) is 20.8 Å². The maximum atomic E-state index is 13.6. The summed E-state index contributed by atoms with van der Waals surface area (Å²) < 4.78 is 11.5. The first-order chi connectivity index (χ1) is 18.3. The summed E-state index contributed by atoms with van der Waals surface area (Å²) in [5, 5.41) is 6.20. The second kappa shape index (κ2) is 10.6. The van der Waals surface area contributed by atoms with E-state index in [-0.39, 0.29) is 24.5 Å². The minimum Gasteiger partial charge on any atom is -0.496 e. The maximum Gasteiger partial charge on any atom is 0.240 e. The second-order valence-corrected chi connectivity index (χ2v) is 9.78. The van der Waals surface area contributed by atoms with E-state index in [2.05, 4.69) is 15.6 Å². The van der Waals surface area contributed by atoms with Crippen LogP contribution in [0.3, 0.4) is 0 Å². The van der Waals surface area contributed by atoms with Gasteiger partial charge < -0.3 is 30.8 Å². The van der Waals surface area contributed by atoms with Crippen molar-refractivity contribution >= 4 is 34.4 Å². The Labute approximate surface area is 219 Å². The first-order valence-electron chi connectivity index (χ1n) is 12.6. The number of rotatable bonds is 10. The molecule has 0 bridgehead atoms. The van der Waals surface area contributed by atoms with Crippen LogP contribution >= 0.6 is 0 Å². The molecule has 1 aromatic heterocycles. The van der Waals surface area contributed by atoms with Crippen molar-refractivity contribution in [1.29, 1.82) is 0 Å². The number of ketones is 1. The van der Waals surface area contributed by atoms with E-state index in [4.69, 9.17) is 15.2 Å². The number of methoxy groups -OCH3 is 1. The van der Waals surface area contributed by atoms with E-state index in [1.165, 1.54) is 0 Å². The lowest BCUT2D eigenvalue weighted by Gasteiger charge is -2.25. The fourth-order valence-electron chi connectivity index (χ4n) is 5.27. The molecule has 198 valence electrons. The van der Waals surface area contributed by atoms with Gasteiger partial charge in [0.15, 0.2) is 5.78 Å². The third kappa shape index (κ3) is 5.06. The summed E-state index contributed by atoms with van der Waals surface area (Å²) in [5.41, 5.74) is 7.61. The summed E-state index contributed by atoms with van der Waals surface area (Å²) in [5.74, 6) is -1.74. The minimum atomic E-state index is -1.05. The largest absolute Gasteiger partial charge is 0.496 e. The minimum absolute atomic E-state index is 0.0983. The number of aromatic nitrogens is 1. The van der Waals surface area contributed by atoms with Crippen molar-refractivity contribution in [3.8, 4) is 11.5 Å². The SMILES string of the molecule is COc1cccc2[nH]c(C(=O)C[C@H](C(=O)N[C@@H](C[C@@H]3CCNC3=O)C(N)=O)[C@@H]3Cc4ccccc4O3)cc12. The number of hydrogen-bond acceptors (Lipinski definition) is 6. The smallest absolute Gasteiger partial charge is 0.240 e. The zero-order valence-electron chi connectivity index (χ0n) is 21.0. The van der Waals surface area contributed by atoms with Gasteiger partial charge in [0.05, 0.1) is 18.7 Å². The van der Waals surface area contributed by atoms with E-state index in [1.54, 1.807) is 19.2 Å². The van der Waals surface area contributed by atoms with Crippen molar-refractivity contribution in [2.24, 2.45) is 17.6 Å². The van der Waals surface area contributed by atoms with E-state index in [1.807, 2.05) is 36.4 Å². The molecule has 0 unspecified atom stereocenters. The highest BCUT2D eigenvalue weighted by molar-refractivity contribution is 6.02. The van der Waals surface area contributed by atoms with E-state index in [0.29, 0.717) is 36.6 Å². The molecule has 2 aliphatic heterocycles. The van der Waals surface area contributed by atoms with E-state index in [0.717, 1.165) is 16.5 Å². The highest BCUT2D eigenvalue weighted by Crippen LogP contribution is 2.34. The number of ether oxygens (including phenoxy) is 2. The van der Waals surface area contributed by atoms with E-state index < -0.39 is 35.8 Å². The molecular formula is C28H30N4O6. The number of hydrogen-bond donors (Lipinski definition) is 4. The summed E-state index contributed by atoms with van der Waals surface area (Å²) in [6.45, 7) is 0.517. The van der Waals surface area contributed by atoms with Crippen molar-refractivity contribution in [1.82, 2.24) is 15.6 Å². The zero-order valence-corrected chi connectivity index (χ0v) is 21.0. The van der Waals surface area contributed by atoms with Gasteiger partial charge in [-0.2, -0.15) is 0 Å². The van der Waals surface area contributed by atoms with Gasteiger partial charge in [0.25, 0.3) is 0 Å². The molecule has 3 heterocycles. The Morgan fingerprint density at radius 2 is 2.00 bits per heavy atom. The zero-order chi connectivity index (χ0) is 26.8. The lowest BCUT2D eigenvalue weighted by molar-refractivity contribution is -0.133. The standard InChI is InChI=1S/C28H30N4O6/c1-37-24-8-4-6-19-17(24)13-20(31-19)22(33)14-18(25-12-15-5-2-3-7-23(15)38-25)28(36)32-21(26(29)34)11-16-9-10-30-27(16)35/h2-8,13,16,18,21,25,31H,9-12,14H2,1H3,(H2,29,34)(H,30,35)(H,32,36)/t16-,18-,21-,25-/m0/s1. The van der Waals surface area contributed by atoms with Crippen LogP contribution in [0.4, 0.5) is 0 Å². The molecule has 3 aromatic rings. The molecule has 10 heteroatoms. The number of Topliss-reactive ketones (excluding diaryl/α,β-unsaturated/α-hetero) is 1. The van der Waals surface area contributed by atoms with Crippen LogP contribution in [0.5, 0.6) is 11.5 Å². The highest BCUT2D eigenvalue weighted by atomic mass is 16.5. The maximum absolute atomic E-state index is 13.6. The molecule has 0 spiro atoms. The monoisotopic (exact) mass is 518 g/mol. The number of H-pyrrole nitrogens is 1. The Bertz CT molecular complexity index is 1370. The molecule has 2 aromatic carbocycles. The van der Waals surface area contributed by atoms with Crippen LogP contribution in [0.1, 0.15) is 35.3 Å². The van der Waals surface area contributed by atoms with Crippen LogP contribution in [0.25, 0.3) is 10.9 Å². The molecule has 5 N–H and O–H groups in total. The van der Waals surface area contributed by atoms with Gasteiger partial charge in [-0.05, 0) is 42.7 Å². The topological polar surface area (TPSA) is 153 Å². The van der Waals surface area contributed by atoms with Crippen molar-refractivity contribution < 1.29 is 28.7 Å². The lowest BCUT2D eigenvalue weighted by atomic mass is 9.90. The molecule has 4 atom stereocenters. The molecule has 3 amide bonds. The van der Waals surface area contributed by atoms with Crippen molar-refractivity contribution in [3.05, 3.63) is 59.8 Å². The van der Waals surface area contributed by atoms with Gasteiger partial charge in [0.2, 0.25) is 17.7 Å². The Balaban J connectivity index is 1.38. The molecule has 1 saturated heterocycles. The van der Waals surface area contributed by atoms with Gasteiger partial charge >= 0.3 is 0 Å². The summed E-state index contributed by atoms with van der Waals surface area (Å²) >= 11 is 0. The quantitative estimate of drug-likeness (QED) is 0.301. The molecule has 5 rings (SSSR count). The second-order valence-electron chi connectivity index (χ2n) is 9.78. The van der Waals surface area contributed by atoms with Crippen LogP contribution in [0, 0.1) is 11.8 Å². The van der Waals surface area contributed by atoms with Crippen LogP contribution < -0.4 is 25.8 Å². The first kappa shape index (κ1) is 25.3. The molecule has 10 nitrogen and oxygen atoms in total. The van der Waals surface area contributed by atoms with E-state index in [9.17, 15) is 19.2 Å². The fraction of sp³-hybridized carbons (Fsp3) is 0.357. The van der Waals surface area contributed by atoms with Crippen LogP contribution in [0.2, 0.25) is 0 Å². The molecule has 38 heavy (non-hydrogen) atoms. The molecule has 1 fully saturated rings. The lowest BCUT2D eigenvalue weighted by Crippen LogP contribution is -2.50. The Kier molecular flexibility index (Phi) is 7.04. The third-order valence-electron chi connectivity index (χ3n) is 7.35. The van der Waals surface area contributed by atoms with Crippen molar-refractivity contribution in [2.45, 2.75) is 37.8 Å². The molecular weight excluding hydrogens is 488 g/mol. The van der Waals surface area contributed by atoms with Crippen LogP contribution in [-0.4, -0.2) is 54.3 Å². The number of amides is 3. The predicted octanol–water partition coefficient (Wildman–Crippen LogP) is 1.87. The summed E-state index contributed by atoms with van der Waals surface area (Å²) in [6, 6.07) is 13.6. The molecule has 0 saturated carbocycles. The predicted molar refractivity (Wildman–Crippen MR) is 139 cm³/mol. The number of carbonyl (C=O) groups is 4. The number of aromatic amines is 1. The third-order valence-corrected chi connectivity index (χ3v) is 7.35. The molecule has 2 aliphatic rings. The normalized spacial score (nSPS) is 19.8. The number of primary amides is 1. The number of nitrogens with two attached hydrogens (primary N) is 1. The number of benzene rings is 2. The van der Waals surface area contributed by atoms with Gasteiger partial charge in [-0.3, -0.25) is 19.2 Å². The van der Waals surface area contributed by atoms with Crippen molar-refractivity contribution in [2.75, 3.05) is 13.7 Å². The molecule has 0 radical (unpaired) electrons. The average molecular weight is 519 g/mol. The Morgan fingerprint density at radius 1 is 1.18 bits per heavy atom. The van der Waals surface area contributed by atoms with Crippen molar-refractivity contribution in [3.63, 3.8) is 0 Å². The number of fused-ring (bicyclic) bond motifs is 2. The van der Waals surface area contributed by atoms with Crippen LogP contribution in [0.15, 0.2) is 48.5 Å².